The van der Waals surface area contributed by atoms with Gasteiger partial charge in [0.05, 0.1) is 6.04 Å². The van der Waals surface area contributed by atoms with Crippen LogP contribution in [0.5, 0.6) is 0 Å². The summed E-state index contributed by atoms with van der Waals surface area (Å²) in [6.45, 7) is 2.98. The molecule has 1 aromatic heterocycles. The maximum Gasteiger partial charge on any atom is 0.317 e. The molecule has 24 heavy (non-hydrogen) atoms. The predicted molar refractivity (Wildman–Crippen MR) is 96.1 cm³/mol. The van der Waals surface area contributed by atoms with Crippen molar-refractivity contribution in [2.24, 2.45) is 0 Å². The van der Waals surface area contributed by atoms with Gasteiger partial charge in [-0.1, -0.05) is 18.9 Å². The van der Waals surface area contributed by atoms with Crippen molar-refractivity contribution in [3.63, 3.8) is 0 Å². The number of hydrogen-bond acceptors (Lipinski definition) is 3. The van der Waals surface area contributed by atoms with Crippen LogP contribution in [-0.2, 0) is 4.79 Å². The molecule has 0 saturated carbocycles. The van der Waals surface area contributed by atoms with E-state index in [1.54, 1.807) is 11.3 Å². The number of nitrogens with one attached hydrogen (secondary N) is 1. The molecule has 6 heteroatoms. The van der Waals surface area contributed by atoms with Crippen LogP contribution in [0.15, 0.2) is 17.5 Å². The fourth-order valence-corrected chi connectivity index (χ4v) is 4.52. The zero-order valence-electron chi connectivity index (χ0n) is 14.2. The zero-order valence-corrected chi connectivity index (χ0v) is 15.0. The number of hydrogen-bond donors (Lipinski definition) is 1. The minimum Gasteiger partial charge on any atom is -0.343 e. The van der Waals surface area contributed by atoms with Gasteiger partial charge in [0.25, 0.3) is 0 Å². The number of amides is 3. The Hall–Kier alpha value is -1.56. The van der Waals surface area contributed by atoms with E-state index in [4.69, 9.17) is 0 Å². The van der Waals surface area contributed by atoms with Gasteiger partial charge in [0.15, 0.2) is 0 Å². The van der Waals surface area contributed by atoms with Crippen molar-refractivity contribution in [3.8, 4) is 0 Å². The van der Waals surface area contributed by atoms with Crippen molar-refractivity contribution in [1.82, 2.24) is 15.1 Å². The van der Waals surface area contributed by atoms with Gasteiger partial charge in [-0.25, -0.2) is 4.79 Å². The minimum absolute atomic E-state index is 0.0328. The highest BCUT2D eigenvalue weighted by atomic mass is 32.1. The highest BCUT2D eigenvalue weighted by Gasteiger charge is 2.30. The van der Waals surface area contributed by atoms with Crippen molar-refractivity contribution in [2.75, 3.05) is 26.2 Å². The van der Waals surface area contributed by atoms with Gasteiger partial charge in [0.1, 0.15) is 0 Å². The van der Waals surface area contributed by atoms with Crippen LogP contribution in [0.25, 0.3) is 0 Å². The first-order valence-corrected chi connectivity index (χ1v) is 9.99. The van der Waals surface area contributed by atoms with E-state index in [9.17, 15) is 9.59 Å². The zero-order chi connectivity index (χ0) is 16.8. The number of nitrogens with zero attached hydrogens (tertiary/aromatic N) is 2. The van der Waals surface area contributed by atoms with Gasteiger partial charge in [-0.3, -0.25) is 4.79 Å². The molecule has 0 radical (unpaired) electrons. The summed E-state index contributed by atoms with van der Waals surface area (Å²) in [5.74, 6) is 0.174. The topological polar surface area (TPSA) is 52.7 Å². The van der Waals surface area contributed by atoms with E-state index in [2.05, 4.69) is 16.8 Å². The van der Waals surface area contributed by atoms with E-state index in [1.807, 2.05) is 15.9 Å². The fourth-order valence-electron chi connectivity index (χ4n) is 3.64. The summed E-state index contributed by atoms with van der Waals surface area (Å²) in [6.07, 6.45) is 7.13. The standard InChI is InChI=1S/C18H27N3O2S/c22-17(20-11-3-1-2-4-12-20)9-10-19-18(23)21-13-5-7-15(21)16-8-6-14-24-16/h6,8,14-15H,1-5,7,9-13H2,(H,19,23). The van der Waals surface area contributed by atoms with Crippen LogP contribution in [0.4, 0.5) is 4.79 Å². The lowest BCUT2D eigenvalue weighted by atomic mass is 10.2. The molecular formula is C18H27N3O2S. The van der Waals surface area contributed by atoms with Gasteiger partial charge in [0, 0.05) is 37.5 Å². The Morgan fingerprint density at radius 2 is 1.92 bits per heavy atom. The van der Waals surface area contributed by atoms with Gasteiger partial charge in [-0.05, 0) is 37.1 Å². The van der Waals surface area contributed by atoms with E-state index in [0.29, 0.717) is 13.0 Å². The van der Waals surface area contributed by atoms with E-state index in [-0.39, 0.29) is 18.0 Å². The van der Waals surface area contributed by atoms with Crippen LogP contribution in [0.1, 0.15) is 55.9 Å². The van der Waals surface area contributed by atoms with Gasteiger partial charge in [-0.2, -0.15) is 0 Å². The Labute approximate surface area is 148 Å². The Morgan fingerprint density at radius 1 is 1.12 bits per heavy atom. The summed E-state index contributed by atoms with van der Waals surface area (Å²) >= 11 is 1.71. The number of urea groups is 1. The second-order valence-corrected chi connectivity index (χ2v) is 7.62. The third-order valence-electron chi connectivity index (χ3n) is 4.96. The number of carbonyl (C=O) groups is 2. The Morgan fingerprint density at radius 3 is 2.62 bits per heavy atom. The molecule has 1 aromatic rings. The summed E-state index contributed by atoms with van der Waals surface area (Å²) in [4.78, 5) is 29.9. The molecular weight excluding hydrogens is 322 g/mol. The van der Waals surface area contributed by atoms with Gasteiger partial charge < -0.3 is 15.1 Å². The van der Waals surface area contributed by atoms with Gasteiger partial charge in [0.2, 0.25) is 5.91 Å². The van der Waals surface area contributed by atoms with Crippen LogP contribution >= 0.6 is 11.3 Å². The quantitative estimate of drug-likeness (QED) is 0.906. The number of carbonyl (C=O) groups excluding carboxylic acids is 2. The predicted octanol–water partition coefficient (Wildman–Crippen LogP) is 3.39. The normalized spacial score (nSPS) is 21.6. The highest BCUT2D eigenvalue weighted by Crippen LogP contribution is 2.34. The lowest BCUT2D eigenvalue weighted by Crippen LogP contribution is -2.41. The molecule has 0 spiro atoms. The Bertz CT molecular complexity index is 538. The summed E-state index contributed by atoms with van der Waals surface area (Å²) in [5.41, 5.74) is 0. The van der Waals surface area contributed by atoms with Crippen molar-refractivity contribution in [2.45, 2.75) is 51.0 Å². The van der Waals surface area contributed by atoms with Crippen molar-refractivity contribution >= 4 is 23.3 Å². The summed E-state index contributed by atoms with van der Waals surface area (Å²) in [7, 11) is 0. The first-order valence-electron chi connectivity index (χ1n) is 9.11. The van der Waals surface area contributed by atoms with E-state index < -0.39 is 0 Å². The third kappa shape index (κ3) is 4.29. The van der Waals surface area contributed by atoms with Crippen molar-refractivity contribution < 1.29 is 9.59 Å². The van der Waals surface area contributed by atoms with E-state index in [1.165, 1.54) is 17.7 Å². The molecule has 2 aliphatic heterocycles. The van der Waals surface area contributed by atoms with Crippen LogP contribution in [0, 0.1) is 0 Å². The molecule has 2 saturated heterocycles. The molecule has 132 valence electrons. The third-order valence-corrected chi connectivity index (χ3v) is 5.93. The second-order valence-electron chi connectivity index (χ2n) is 6.64. The largest absolute Gasteiger partial charge is 0.343 e. The van der Waals surface area contributed by atoms with Gasteiger partial charge in [-0.15, -0.1) is 11.3 Å². The Kier molecular flexibility index (Phi) is 6.12. The molecule has 1 unspecified atom stereocenters. The number of thiophene rings is 1. The molecule has 0 aromatic carbocycles. The van der Waals surface area contributed by atoms with Crippen LogP contribution in [0.2, 0.25) is 0 Å². The lowest BCUT2D eigenvalue weighted by Gasteiger charge is -2.25. The van der Waals surface area contributed by atoms with E-state index >= 15 is 0 Å². The van der Waals surface area contributed by atoms with E-state index in [0.717, 1.165) is 45.3 Å². The molecule has 2 fully saturated rings. The average Bonchev–Trinajstić information content (AvgIpc) is 3.20. The van der Waals surface area contributed by atoms with Crippen LogP contribution in [-0.4, -0.2) is 47.9 Å². The molecule has 3 amide bonds. The number of rotatable bonds is 4. The van der Waals surface area contributed by atoms with Crippen molar-refractivity contribution in [3.05, 3.63) is 22.4 Å². The molecule has 2 aliphatic rings. The minimum atomic E-state index is -0.0328. The van der Waals surface area contributed by atoms with Crippen molar-refractivity contribution in [1.29, 1.82) is 0 Å². The molecule has 0 bridgehead atoms. The molecule has 0 aliphatic carbocycles. The highest BCUT2D eigenvalue weighted by molar-refractivity contribution is 7.10. The van der Waals surface area contributed by atoms with Crippen LogP contribution in [0.3, 0.4) is 0 Å². The molecule has 1 N–H and O–H groups in total. The fraction of sp³-hybridized carbons (Fsp3) is 0.667. The maximum atomic E-state index is 12.5. The SMILES string of the molecule is O=C(CCNC(=O)N1CCCC1c1cccs1)N1CCCCCC1. The molecule has 3 rings (SSSR count). The number of likely N-dealkylation sites (tertiary alicyclic amines) is 2. The first-order chi connectivity index (χ1) is 11.8. The summed E-state index contributed by atoms with van der Waals surface area (Å²) in [6, 6.07) is 4.30. The summed E-state index contributed by atoms with van der Waals surface area (Å²) in [5, 5.41) is 5.01. The average molecular weight is 350 g/mol. The molecule has 5 nitrogen and oxygen atoms in total. The first kappa shape index (κ1) is 17.3. The second kappa shape index (κ2) is 8.51. The monoisotopic (exact) mass is 349 g/mol. The van der Waals surface area contributed by atoms with Crippen LogP contribution < -0.4 is 5.32 Å². The van der Waals surface area contributed by atoms with Gasteiger partial charge >= 0.3 is 6.03 Å². The lowest BCUT2D eigenvalue weighted by molar-refractivity contribution is -0.131. The summed E-state index contributed by atoms with van der Waals surface area (Å²) < 4.78 is 0. The maximum absolute atomic E-state index is 12.5. The molecule has 1 atom stereocenters. The molecule has 3 heterocycles. The smallest absolute Gasteiger partial charge is 0.317 e. The Balaban J connectivity index is 1.44.